The van der Waals surface area contributed by atoms with Crippen LogP contribution in [-0.2, 0) is 11.8 Å². The Morgan fingerprint density at radius 2 is 1.20 bits per heavy atom. The monoisotopic (exact) mass is 710 g/mol. The van der Waals surface area contributed by atoms with Gasteiger partial charge in [0.05, 0.1) is 11.6 Å². The van der Waals surface area contributed by atoms with E-state index in [1.807, 2.05) is 26.0 Å². The average Bonchev–Trinajstić information content (AvgIpc) is 3.46. The molecule has 2 heteroatoms. The summed E-state index contributed by atoms with van der Waals surface area (Å²) in [7, 11) is 0. The van der Waals surface area contributed by atoms with Crippen LogP contribution in [0.4, 0.5) is 17.1 Å². The van der Waals surface area contributed by atoms with Crippen LogP contribution in [0.3, 0.4) is 0 Å². The van der Waals surface area contributed by atoms with Crippen molar-refractivity contribution in [1.29, 1.82) is 5.26 Å². The molecule has 0 aromatic heterocycles. The quantitative estimate of drug-likeness (QED) is 0.172. The summed E-state index contributed by atoms with van der Waals surface area (Å²) >= 11 is 0. The number of nitriles is 1. The number of hydrogen-bond acceptors (Lipinski definition) is 2. The lowest BCUT2D eigenvalue weighted by atomic mass is 9.80. The summed E-state index contributed by atoms with van der Waals surface area (Å²) in [6, 6.07) is 59.6. The number of hydrogen-bond donors (Lipinski definition) is 0. The van der Waals surface area contributed by atoms with Crippen molar-refractivity contribution < 1.29 is 0 Å². The van der Waals surface area contributed by atoms with E-state index in [9.17, 15) is 5.26 Å². The highest BCUT2D eigenvalue weighted by atomic mass is 15.1. The van der Waals surface area contributed by atoms with Crippen molar-refractivity contribution in [2.45, 2.75) is 53.4 Å². The maximum absolute atomic E-state index is 9.65. The molecule has 0 atom stereocenters. The number of fused-ring (bicyclic) bond motifs is 6. The summed E-state index contributed by atoms with van der Waals surface area (Å²) in [4.78, 5) is 2.35. The summed E-state index contributed by atoms with van der Waals surface area (Å²) in [5.74, 6) is 0. The Morgan fingerprint density at radius 1 is 0.545 bits per heavy atom. The summed E-state index contributed by atoms with van der Waals surface area (Å²) in [6.45, 7) is 13.2. The van der Waals surface area contributed by atoms with E-state index in [4.69, 9.17) is 0 Å². The van der Waals surface area contributed by atoms with Gasteiger partial charge in [0.2, 0.25) is 0 Å². The molecule has 0 spiro atoms. The fraction of sp³-hybridized carbons (Fsp3) is 0.151. The van der Waals surface area contributed by atoms with Gasteiger partial charge in [-0.3, -0.25) is 0 Å². The maximum atomic E-state index is 9.65. The molecule has 0 saturated heterocycles. The Hall–Kier alpha value is -6.43. The van der Waals surface area contributed by atoms with Crippen LogP contribution < -0.4 is 4.90 Å². The van der Waals surface area contributed by atoms with Crippen molar-refractivity contribution in [1.82, 2.24) is 0 Å². The first-order valence-corrected chi connectivity index (χ1v) is 19.5. The highest BCUT2D eigenvalue weighted by Gasteiger charge is 2.38. The average molecular weight is 711 g/mol. The first-order chi connectivity index (χ1) is 26.9. The van der Waals surface area contributed by atoms with Crippen LogP contribution in [0.15, 0.2) is 158 Å². The van der Waals surface area contributed by atoms with Gasteiger partial charge in [0.15, 0.2) is 0 Å². The summed E-state index contributed by atoms with van der Waals surface area (Å²) in [6.07, 6.45) is 0.946. The third-order valence-corrected chi connectivity index (χ3v) is 11.4. The third-order valence-electron chi connectivity index (χ3n) is 11.4. The van der Waals surface area contributed by atoms with Gasteiger partial charge in [-0.2, -0.15) is 5.26 Å². The topological polar surface area (TPSA) is 27.0 Å². The van der Waals surface area contributed by atoms with E-state index in [1.54, 1.807) is 0 Å². The zero-order chi connectivity index (χ0) is 38.3. The Labute approximate surface area is 326 Å². The third kappa shape index (κ3) is 6.07. The molecule has 268 valence electrons. The van der Waals surface area contributed by atoms with E-state index < -0.39 is 0 Å². The molecule has 0 N–H and O–H groups in total. The highest BCUT2D eigenvalue weighted by molar-refractivity contribution is 6.10. The van der Waals surface area contributed by atoms with Crippen LogP contribution in [0.1, 0.15) is 62.4 Å². The lowest BCUT2D eigenvalue weighted by Crippen LogP contribution is -2.17. The fourth-order valence-corrected chi connectivity index (χ4v) is 8.58. The SMILES string of the molecule is CC.CCc1ccc(N(c2ccc(C#N)cc2)c2ccc3c(c2)C(C)(C)c2cc(-c4ccc5ccccc5c4)c4ccccc4c2-3)cc1-c1ccccc1C. The molecule has 0 fully saturated rings. The normalized spacial score (nSPS) is 12.4. The van der Waals surface area contributed by atoms with E-state index in [2.05, 4.69) is 184 Å². The first-order valence-electron chi connectivity index (χ1n) is 19.5. The molecule has 8 aromatic rings. The van der Waals surface area contributed by atoms with E-state index in [1.165, 1.54) is 77.2 Å². The lowest BCUT2D eigenvalue weighted by molar-refractivity contribution is 0.661. The minimum atomic E-state index is -0.245. The Bertz CT molecular complexity index is 2760. The molecule has 9 rings (SSSR count). The molecule has 0 aliphatic heterocycles. The predicted molar refractivity (Wildman–Crippen MR) is 235 cm³/mol. The Kier molecular flexibility index (Phi) is 9.33. The number of rotatable bonds is 6. The second kappa shape index (κ2) is 14.4. The largest absolute Gasteiger partial charge is 0.310 e. The molecular weight excluding hydrogens is 665 g/mol. The molecule has 0 heterocycles. The molecule has 0 amide bonds. The molecule has 0 unspecified atom stereocenters. The predicted octanol–water partition coefficient (Wildman–Crippen LogP) is 14.9. The minimum absolute atomic E-state index is 0.245. The van der Waals surface area contributed by atoms with Gasteiger partial charge in [0, 0.05) is 22.5 Å². The zero-order valence-electron chi connectivity index (χ0n) is 32.6. The number of aryl methyl sites for hydroxylation is 2. The van der Waals surface area contributed by atoms with Crippen molar-refractivity contribution in [3.63, 3.8) is 0 Å². The van der Waals surface area contributed by atoms with Gasteiger partial charge in [-0.1, -0.05) is 132 Å². The summed E-state index contributed by atoms with van der Waals surface area (Å²) in [5, 5.41) is 14.7. The minimum Gasteiger partial charge on any atom is -0.310 e. The summed E-state index contributed by atoms with van der Waals surface area (Å²) in [5.41, 5.74) is 16.5. The second-order valence-corrected chi connectivity index (χ2v) is 14.8. The molecule has 1 aliphatic carbocycles. The Morgan fingerprint density at radius 3 is 1.95 bits per heavy atom. The summed E-state index contributed by atoms with van der Waals surface area (Å²) < 4.78 is 0. The molecular formula is C53H46N2. The van der Waals surface area contributed by atoms with Gasteiger partial charge in [0.1, 0.15) is 0 Å². The zero-order valence-corrected chi connectivity index (χ0v) is 32.6. The molecule has 2 nitrogen and oxygen atoms in total. The number of benzene rings is 8. The number of anilines is 3. The smallest absolute Gasteiger partial charge is 0.0991 e. The van der Waals surface area contributed by atoms with Crippen LogP contribution in [0, 0.1) is 18.3 Å². The van der Waals surface area contributed by atoms with Gasteiger partial charge < -0.3 is 4.90 Å². The van der Waals surface area contributed by atoms with E-state index in [0.717, 1.165) is 23.5 Å². The van der Waals surface area contributed by atoms with Crippen molar-refractivity contribution in [3.8, 4) is 39.4 Å². The first kappa shape index (κ1) is 35.6. The van der Waals surface area contributed by atoms with Crippen molar-refractivity contribution >= 4 is 38.6 Å². The van der Waals surface area contributed by atoms with Gasteiger partial charge in [-0.15, -0.1) is 0 Å². The molecule has 0 bridgehead atoms. The molecule has 0 saturated carbocycles. The van der Waals surface area contributed by atoms with E-state index in [0.29, 0.717) is 5.56 Å². The van der Waals surface area contributed by atoms with E-state index in [-0.39, 0.29) is 5.41 Å². The van der Waals surface area contributed by atoms with Gasteiger partial charge >= 0.3 is 0 Å². The van der Waals surface area contributed by atoms with Crippen LogP contribution in [0.5, 0.6) is 0 Å². The highest BCUT2D eigenvalue weighted by Crippen LogP contribution is 2.54. The molecule has 8 aromatic carbocycles. The van der Waals surface area contributed by atoms with Gasteiger partial charge in [-0.05, 0) is 151 Å². The molecule has 55 heavy (non-hydrogen) atoms. The standard InChI is InChI=1S/C51H40N2.C2H6/c1-5-35-22-25-40(29-46(35)42-15-9-6-12-33(42)2)53(39-23-18-34(32-52)19-24-39)41-26-27-45-48(30-41)51(3,4)49-31-47(43-16-10-11-17-44(43)50(45)49)38-21-20-36-13-7-8-14-37(36)28-38;1-2/h6-31H,5H2,1-4H3;1-2H3. The fourth-order valence-electron chi connectivity index (χ4n) is 8.58. The molecule has 0 radical (unpaired) electrons. The second-order valence-electron chi connectivity index (χ2n) is 14.8. The molecule has 1 aliphatic rings. The maximum Gasteiger partial charge on any atom is 0.0991 e. The number of nitrogens with zero attached hydrogens (tertiary/aromatic N) is 2. The van der Waals surface area contributed by atoms with Crippen LogP contribution in [0.2, 0.25) is 0 Å². The van der Waals surface area contributed by atoms with Crippen LogP contribution in [-0.4, -0.2) is 0 Å². The van der Waals surface area contributed by atoms with Gasteiger partial charge in [0.25, 0.3) is 0 Å². The lowest BCUT2D eigenvalue weighted by Gasteiger charge is -2.29. The Balaban J connectivity index is 0.00000210. The van der Waals surface area contributed by atoms with Crippen molar-refractivity contribution in [2.24, 2.45) is 0 Å². The van der Waals surface area contributed by atoms with Crippen LogP contribution in [0.25, 0.3) is 54.9 Å². The van der Waals surface area contributed by atoms with Gasteiger partial charge in [-0.25, -0.2) is 0 Å². The van der Waals surface area contributed by atoms with E-state index >= 15 is 0 Å². The van der Waals surface area contributed by atoms with Crippen molar-refractivity contribution in [2.75, 3.05) is 4.90 Å². The van der Waals surface area contributed by atoms with Crippen LogP contribution >= 0.6 is 0 Å². The van der Waals surface area contributed by atoms with Crippen molar-refractivity contribution in [3.05, 3.63) is 186 Å².